The number of hydrogen-bond acceptors (Lipinski definition) is 4. The second-order valence-electron chi connectivity index (χ2n) is 4.20. The van der Waals surface area contributed by atoms with Gasteiger partial charge >= 0.3 is 5.97 Å². The predicted octanol–water partition coefficient (Wildman–Crippen LogP) is 1.05. The lowest BCUT2D eigenvalue weighted by Gasteiger charge is -2.21. The van der Waals surface area contributed by atoms with Gasteiger partial charge in [-0.15, -0.1) is 0 Å². The van der Waals surface area contributed by atoms with Crippen LogP contribution in [0.25, 0.3) is 0 Å². The number of likely N-dealkylation sites (tertiary alicyclic amines) is 1. The number of carboxylic acid groups (broad SMARTS) is 1. The summed E-state index contributed by atoms with van der Waals surface area (Å²) in [5, 5.41) is 18.6. The first-order valence-corrected chi connectivity index (χ1v) is 6.19. The van der Waals surface area contributed by atoms with E-state index in [-0.39, 0.29) is 28.8 Å². The third kappa shape index (κ3) is 2.97. The van der Waals surface area contributed by atoms with Crippen LogP contribution in [-0.4, -0.2) is 50.7 Å². The standard InChI is InChI=1S/C11H10Cl2N2O4/c12-8-1-5(2-9(13)14-8)10(17)15-4-6(16)3-7(15)11(18)19/h1-2,6-7,16H,3-4H2,(H,18,19)/t6-,7+/m1/s1. The van der Waals surface area contributed by atoms with Gasteiger partial charge in [0.05, 0.1) is 6.10 Å². The monoisotopic (exact) mass is 304 g/mol. The van der Waals surface area contributed by atoms with Crippen molar-refractivity contribution < 1.29 is 19.8 Å². The van der Waals surface area contributed by atoms with Gasteiger partial charge in [0.2, 0.25) is 0 Å². The van der Waals surface area contributed by atoms with E-state index in [1.165, 1.54) is 12.1 Å². The van der Waals surface area contributed by atoms with Crippen LogP contribution in [0.4, 0.5) is 0 Å². The molecule has 1 aromatic heterocycles. The summed E-state index contributed by atoms with van der Waals surface area (Å²) in [6, 6.07) is 1.56. The van der Waals surface area contributed by atoms with Gasteiger partial charge < -0.3 is 15.1 Å². The number of carbonyl (C=O) groups is 2. The number of aliphatic carboxylic acids is 1. The summed E-state index contributed by atoms with van der Waals surface area (Å²) < 4.78 is 0. The molecule has 1 aromatic rings. The Morgan fingerprint density at radius 3 is 2.42 bits per heavy atom. The summed E-state index contributed by atoms with van der Waals surface area (Å²) in [5.74, 6) is -1.70. The average molecular weight is 305 g/mol. The summed E-state index contributed by atoms with van der Waals surface area (Å²) in [4.78, 5) is 28.1. The van der Waals surface area contributed by atoms with E-state index in [0.717, 1.165) is 4.90 Å². The zero-order chi connectivity index (χ0) is 14.2. The van der Waals surface area contributed by atoms with Crippen molar-refractivity contribution in [3.63, 3.8) is 0 Å². The number of rotatable bonds is 2. The third-order valence-corrected chi connectivity index (χ3v) is 3.22. The number of aliphatic hydroxyl groups is 1. The molecule has 2 heterocycles. The van der Waals surface area contributed by atoms with E-state index in [9.17, 15) is 14.7 Å². The number of nitrogens with zero attached hydrogens (tertiary/aromatic N) is 2. The fourth-order valence-corrected chi connectivity index (χ4v) is 2.49. The molecule has 0 saturated carbocycles. The van der Waals surface area contributed by atoms with Crippen molar-refractivity contribution in [3.8, 4) is 0 Å². The number of carboxylic acids is 1. The average Bonchev–Trinajstić information content (AvgIpc) is 2.69. The Kier molecular flexibility index (Phi) is 3.93. The van der Waals surface area contributed by atoms with E-state index in [0.29, 0.717) is 0 Å². The van der Waals surface area contributed by atoms with Crippen LogP contribution in [0.3, 0.4) is 0 Å². The van der Waals surface area contributed by atoms with Gasteiger partial charge in [0.15, 0.2) is 0 Å². The topological polar surface area (TPSA) is 90.7 Å². The first-order valence-electron chi connectivity index (χ1n) is 5.43. The third-order valence-electron chi connectivity index (χ3n) is 2.83. The Morgan fingerprint density at radius 1 is 1.32 bits per heavy atom. The van der Waals surface area contributed by atoms with Gasteiger partial charge in [-0.3, -0.25) is 4.79 Å². The van der Waals surface area contributed by atoms with Crippen LogP contribution >= 0.6 is 23.2 Å². The van der Waals surface area contributed by atoms with Gasteiger partial charge in [0.25, 0.3) is 5.91 Å². The zero-order valence-electron chi connectivity index (χ0n) is 9.58. The van der Waals surface area contributed by atoms with Crippen molar-refractivity contribution in [2.24, 2.45) is 0 Å². The lowest BCUT2D eigenvalue weighted by atomic mass is 10.2. The number of hydrogen-bond donors (Lipinski definition) is 2. The van der Waals surface area contributed by atoms with E-state index in [4.69, 9.17) is 28.3 Å². The highest BCUT2D eigenvalue weighted by molar-refractivity contribution is 6.33. The molecule has 1 aliphatic heterocycles. The van der Waals surface area contributed by atoms with Crippen molar-refractivity contribution >= 4 is 35.1 Å². The first-order chi connectivity index (χ1) is 8.88. The number of amides is 1. The molecule has 8 heteroatoms. The molecule has 2 rings (SSSR count). The zero-order valence-corrected chi connectivity index (χ0v) is 11.1. The van der Waals surface area contributed by atoms with E-state index in [2.05, 4.69) is 4.98 Å². The number of aromatic nitrogens is 1. The number of halogens is 2. The first kappa shape index (κ1) is 14.0. The minimum Gasteiger partial charge on any atom is -0.480 e. The van der Waals surface area contributed by atoms with Gasteiger partial charge in [-0.1, -0.05) is 23.2 Å². The molecule has 1 amide bonds. The smallest absolute Gasteiger partial charge is 0.326 e. The van der Waals surface area contributed by atoms with Crippen LogP contribution in [0, 0.1) is 0 Å². The SMILES string of the molecule is O=C(O)[C@@H]1C[C@@H](O)CN1C(=O)c1cc(Cl)nc(Cl)c1. The maximum atomic E-state index is 12.2. The molecule has 102 valence electrons. The van der Waals surface area contributed by atoms with Crippen LogP contribution in [0.15, 0.2) is 12.1 Å². The molecule has 0 unspecified atom stereocenters. The molecule has 1 fully saturated rings. The molecular weight excluding hydrogens is 295 g/mol. The van der Waals surface area contributed by atoms with Crippen molar-refractivity contribution in [2.45, 2.75) is 18.6 Å². The number of aliphatic hydroxyl groups excluding tert-OH is 1. The molecule has 1 saturated heterocycles. The molecule has 2 atom stereocenters. The molecule has 0 spiro atoms. The van der Waals surface area contributed by atoms with Crippen molar-refractivity contribution in [1.29, 1.82) is 0 Å². The largest absolute Gasteiger partial charge is 0.480 e. The summed E-state index contributed by atoms with van der Waals surface area (Å²) in [7, 11) is 0. The Hall–Kier alpha value is -1.37. The van der Waals surface area contributed by atoms with Crippen molar-refractivity contribution in [1.82, 2.24) is 9.88 Å². The highest BCUT2D eigenvalue weighted by Crippen LogP contribution is 2.23. The van der Waals surface area contributed by atoms with Gasteiger partial charge in [-0.05, 0) is 12.1 Å². The molecule has 1 aliphatic rings. The van der Waals surface area contributed by atoms with Gasteiger partial charge in [-0.2, -0.15) is 0 Å². The van der Waals surface area contributed by atoms with Gasteiger partial charge in [-0.25, -0.2) is 9.78 Å². The Balaban J connectivity index is 2.30. The fourth-order valence-electron chi connectivity index (χ4n) is 2.03. The maximum Gasteiger partial charge on any atom is 0.326 e. The van der Waals surface area contributed by atoms with Crippen LogP contribution < -0.4 is 0 Å². The van der Waals surface area contributed by atoms with Gasteiger partial charge in [0.1, 0.15) is 16.3 Å². The van der Waals surface area contributed by atoms with E-state index in [1.54, 1.807) is 0 Å². The lowest BCUT2D eigenvalue weighted by molar-refractivity contribution is -0.141. The van der Waals surface area contributed by atoms with Crippen molar-refractivity contribution in [2.75, 3.05) is 6.54 Å². The van der Waals surface area contributed by atoms with Crippen LogP contribution in [0.1, 0.15) is 16.8 Å². The second-order valence-corrected chi connectivity index (χ2v) is 4.98. The van der Waals surface area contributed by atoms with Gasteiger partial charge in [0, 0.05) is 18.5 Å². The number of pyridine rings is 1. The molecular formula is C11H10Cl2N2O4. The summed E-state index contributed by atoms with van der Waals surface area (Å²) in [6.45, 7) is -0.0344. The Labute approximate surface area is 118 Å². The van der Waals surface area contributed by atoms with Crippen LogP contribution in [-0.2, 0) is 4.79 Å². The Morgan fingerprint density at radius 2 is 1.89 bits per heavy atom. The molecule has 0 bridgehead atoms. The fraction of sp³-hybridized carbons (Fsp3) is 0.364. The van der Waals surface area contributed by atoms with E-state index in [1.807, 2.05) is 0 Å². The number of carbonyl (C=O) groups excluding carboxylic acids is 1. The second kappa shape index (κ2) is 5.32. The molecule has 0 aliphatic carbocycles. The lowest BCUT2D eigenvalue weighted by Crippen LogP contribution is -2.40. The Bertz CT molecular complexity index is 517. The predicted molar refractivity (Wildman–Crippen MR) is 67.3 cm³/mol. The number of β-amino-alcohol motifs (C(OH)–C–C–N with tert-alkyl or cyclic N) is 1. The van der Waals surface area contributed by atoms with Crippen LogP contribution in [0.2, 0.25) is 10.3 Å². The summed E-state index contributed by atoms with van der Waals surface area (Å²) in [6.07, 6.45) is -0.842. The molecule has 0 radical (unpaired) electrons. The summed E-state index contributed by atoms with van der Waals surface area (Å²) in [5.41, 5.74) is 0.144. The van der Waals surface area contributed by atoms with E-state index < -0.39 is 24.0 Å². The molecule has 19 heavy (non-hydrogen) atoms. The highest BCUT2D eigenvalue weighted by Gasteiger charge is 2.39. The van der Waals surface area contributed by atoms with E-state index >= 15 is 0 Å². The highest BCUT2D eigenvalue weighted by atomic mass is 35.5. The molecule has 0 aromatic carbocycles. The minimum atomic E-state index is -1.16. The molecule has 6 nitrogen and oxygen atoms in total. The maximum absolute atomic E-state index is 12.2. The molecule has 2 N–H and O–H groups in total. The summed E-state index contributed by atoms with van der Waals surface area (Å²) >= 11 is 11.4. The quantitative estimate of drug-likeness (QED) is 0.797. The normalized spacial score (nSPS) is 22.6. The van der Waals surface area contributed by atoms with Crippen molar-refractivity contribution in [3.05, 3.63) is 28.0 Å². The van der Waals surface area contributed by atoms with Crippen LogP contribution in [0.5, 0.6) is 0 Å². The minimum absolute atomic E-state index is 0.00756.